The number of carbonyl (C=O) groups is 1. The molecule has 0 aliphatic rings. The van der Waals surface area contributed by atoms with E-state index in [1.165, 1.54) is 6.92 Å². The van der Waals surface area contributed by atoms with Crippen molar-refractivity contribution in [3.63, 3.8) is 0 Å². The summed E-state index contributed by atoms with van der Waals surface area (Å²) in [5.41, 5.74) is 6.17. The van der Waals surface area contributed by atoms with Crippen molar-refractivity contribution in [1.82, 2.24) is 0 Å². The molecule has 0 fully saturated rings. The molecule has 4 heteroatoms. The lowest BCUT2D eigenvalue weighted by atomic mass is 10.1. The Morgan fingerprint density at radius 3 is 2.50 bits per heavy atom. The van der Waals surface area contributed by atoms with Crippen molar-refractivity contribution in [1.29, 1.82) is 5.26 Å². The maximum absolute atomic E-state index is 10.6. The van der Waals surface area contributed by atoms with Gasteiger partial charge < -0.3 is 10.5 Å². The fourth-order valence-corrected chi connectivity index (χ4v) is 0.984. The van der Waals surface area contributed by atoms with E-state index in [0.717, 1.165) is 0 Å². The van der Waals surface area contributed by atoms with Crippen LogP contribution >= 0.6 is 0 Å². The molecule has 1 aromatic carbocycles. The van der Waals surface area contributed by atoms with Crippen LogP contribution in [0.5, 0.6) is 5.75 Å². The van der Waals surface area contributed by atoms with Crippen LogP contribution in [0.25, 0.3) is 0 Å². The molecule has 0 aromatic heterocycles. The highest BCUT2D eigenvalue weighted by Gasteiger charge is 2.04. The molecule has 0 unspecified atom stereocenters. The van der Waals surface area contributed by atoms with Crippen molar-refractivity contribution >= 4 is 5.97 Å². The van der Waals surface area contributed by atoms with E-state index in [0.29, 0.717) is 11.3 Å². The largest absolute Gasteiger partial charge is 0.427 e. The third-order valence-corrected chi connectivity index (χ3v) is 1.64. The smallest absolute Gasteiger partial charge is 0.308 e. The van der Waals surface area contributed by atoms with E-state index >= 15 is 0 Å². The highest BCUT2D eigenvalue weighted by molar-refractivity contribution is 5.69. The fraction of sp³-hybridized carbons (Fsp3) is 0.200. The lowest BCUT2D eigenvalue weighted by Gasteiger charge is -2.04. The molecule has 14 heavy (non-hydrogen) atoms. The Kier molecular flexibility index (Phi) is 3.21. The number of nitrogens with two attached hydrogens (primary N) is 1. The number of ether oxygens (including phenoxy) is 1. The van der Waals surface area contributed by atoms with Gasteiger partial charge in [0, 0.05) is 6.92 Å². The molecule has 0 saturated carbocycles. The Hall–Kier alpha value is -1.86. The molecular formula is C10H10N2O2. The van der Waals surface area contributed by atoms with E-state index in [9.17, 15) is 4.79 Å². The SMILES string of the molecule is CC(=O)Oc1ccc([C@H](N)C#N)cc1. The number of esters is 1. The number of rotatable bonds is 2. The zero-order chi connectivity index (χ0) is 10.6. The maximum atomic E-state index is 10.6. The monoisotopic (exact) mass is 190 g/mol. The third kappa shape index (κ3) is 2.57. The molecule has 0 bridgehead atoms. The molecule has 72 valence electrons. The quantitative estimate of drug-likeness (QED) is 0.560. The Bertz CT molecular complexity index is 365. The van der Waals surface area contributed by atoms with Gasteiger partial charge in [0.1, 0.15) is 11.8 Å². The van der Waals surface area contributed by atoms with Crippen LogP contribution in [0.3, 0.4) is 0 Å². The number of hydrogen-bond donors (Lipinski definition) is 1. The lowest BCUT2D eigenvalue weighted by molar-refractivity contribution is -0.131. The van der Waals surface area contributed by atoms with Crippen molar-refractivity contribution in [3.8, 4) is 11.8 Å². The molecule has 0 saturated heterocycles. The van der Waals surface area contributed by atoms with Gasteiger partial charge in [-0.2, -0.15) is 5.26 Å². The molecule has 0 aliphatic carbocycles. The molecule has 0 spiro atoms. The second-order valence-corrected chi connectivity index (χ2v) is 2.77. The van der Waals surface area contributed by atoms with Gasteiger partial charge in [-0.05, 0) is 17.7 Å². The van der Waals surface area contributed by atoms with Gasteiger partial charge >= 0.3 is 5.97 Å². The molecule has 1 rings (SSSR count). The standard InChI is InChI=1S/C10H10N2O2/c1-7(13)14-9-4-2-8(3-5-9)10(12)6-11/h2-5,10H,12H2,1H3/t10-/m1/s1. The molecular weight excluding hydrogens is 180 g/mol. The minimum Gasteiger partial charge on any atom is -0.427 e. The van der Waals surface area contributed by atoms with Gasteiger partial charge in [-0.1, -0.05) is 12.1 Å². The maximum Gasteiger partial charge on any atom is 0.308 e. The predicted octanol–water partition coefficient (Wildman–Crippen LogP) is 1.14. The molecule has 1 aromatic rings. The lowest BCUT2D eigenvalue weighted by Crippen LogP contribution is -2.07. The molecule has 0 aliphatic heterocycles. The van der Waals surface area contributed by atoms with Crippen LogP contribution in [0.4, 0.5) is 0 Å². The van der Waals surface area contributed by atoms with E-state index in [-0.39, 0.29) is 5.97 Å². The normalized spacial score (nSPS) is 11.5. The second-order valence-electron chi connectivity index (χ2n) is 2.77. The van der Waals surface area contributed by atoms with E-state index in [1.54, 1.807) is 24.3 Å². The first-order valence-corrected chi connectivity index (χ1v) is 4.07. The van der Waals surface area contributed by atoms with Crippen molar-refractivity contribution in [2.75, 3.05) is 0 Å². The van der Waals surface area contributed by atoms with Gasteiger partial charge in [-0.15, -0.1) is 0 Å². The summed E-state index contributed by atoms with van der Waals surface area (Å²) in [6.07, 6.45) is 0. The summed E-state index contributed by atoms with van der Waals surface area (Å²) in [6, 6.07) is 7.80. The molecule has 1 atom stereocenters. The summed E-state index contributed by atoms with van der Waals surface area (Å²) in [6.45, 7) is 1.33. The highest BCUT2D eigenvalue weighted by Crippen LogP contribution is 2.15. The van der Waals surface area contributed by atoms with Gasteiger partial charge in [0.2, 0.25) is 0 Å². The minimum atomic E-state index is -0.638. The van der Waals surface area contributed by atoms with Crippen molar-refractivity contribution in [3.05, 3.63) is 29.8 Å². The predicted molar refractivity (Wildman–Crippen MR) is 50.3 cm³/mol. The summed E-state index contributed by atoms with van der Waals surface area (Å²) in [5, 5.41) is 8.54. The molecule has 2 N–H and O–H groups in total. The first kappa shape index (κ1) is 10.2. The van der Waals surface area contributed by atoms with Crippen LogP contribution < -0.4 is 10.5 Å². The summed E-state index contributed by atoms with van der Waals surface area (Å²) in [4.78, 5) is 10.6. The van der Waals surface area contributed by atoms with E-state index < -0.39 is 6.04 Å². The van der Waals surface area contributed by atoms with Crippen LogP contribution in [0, 0.1) is 11.3 Å². The third-order valence-electron chi connectivity index (χ3n) is 1.64. The van der Waals surface area contributed by atoms with Gasteiger partial charge in [-0.25, -0.2) is 0 Å². The average Bonchev–Trinajstić information content (AvgIpc) is 2.17. The van der Waals surface area contributed by atoms with Crippen molar-refractivity contribution < 1.29 is 9.53 Å². The van der Waals surface area contributed by atoms with Crippen LogP contribution in [0.1, 0.15) is 18.5 Å². The van der Waals surface area contributed by atoms with Crippen LogP contribution in [0.15, 0.2) is 24.3 Å². The summed E-state index contributed by atoms with van der Waals surface area (Å²) < 4.78 is 4.82. The Morgan fingerprint density at radius 1 is 1.50 bits per heavy atom. The van der Waals surface area contributed by atoms with Crippen LogP contribution in [-0.2, 0) is 4.79 Å². The van der Waals surface area contributed by atoms with E-state index in [2.05, 4.69) is 0 Å². The topological polar surface area (TPSA) is 76.1 Å². The van der Waals surface area contributed by atoms with Gasteiger partial charge in [0.05, 0.1) is 6.07 Å². The fourth-order valence-electron chi connectivity index (χ4n) is 0.984. The first-order valence-electron chi connectivity index (χ1n) is 4.07. The molecule has 0 amide bonds. The Morgan fingerprint density at radius 2 is 2.07 bits per heavy atom. The van der Waals surface area contributed by atoms with Gasteiger partial charge in [0.15, 0.2) is 0 Å². The summed E-state index contributed by atoms with van der Waals surface area (Å²) in [5.74, 6) is 0.0775. The minimum absolute atomic E-state index is 0.373. The van der Waals surface area contributed by atoms with E-state index in [4.69, 9.17) is 15.7 Å². The van der Waals surface area contributed by atoms with Gasteiger partial charge in [0.25, 0.3) is 0 Å². The van der Waals surface area contributed by atoms with Crippen LogP contribution in [-0.4, -0.2) is 5.97 Å². The molecule has 0 radical (unpaired) electrons. The highest BCUT2D eigenvalue weighted by atomic mass is 16.5. The summed E-state index contributed by atoms with van der Waals surface area (Å²) >= 11 is 0. The van der Waals surface area contributed by atoms with Crippen LogP contribution in [0.2, 0.25) is 0 Å². The number of hydrogen-bond acceptors (Lipinski definition) is 4. The Balaban J connectivity index is 2.79. The zero-order valence-corrected chi connectivity index (χ0v) is 7.73. The van der Waals surface area contributed by atoms with E-state index in [1.807, 2.05) is 6.07 Å². The molecule has 0 heterocycles. The van der Waals surface area contributed by atoms with Gasteiger partial charge in [-0.3, -0.25) is 4.79 Å². The molecule has 4 nitrogen and oxygen atoms in total. The zero-order valence-electron chi connectivity index (χ0n) is 7.73. The number of nitrogens with zero attached hydrogens (tertiary/aromatic N) is 1. The van der Waals surface area contributed by atoms with Crippen molar-refractivity contribution in [2.24, 2.45) is 5.73 Å². The second kappa shape index (κ2) is 4.40. The summed E-state index contributed by atoms with van der Waals surface area (Å²) in [7, 11) is 0. The Labute approximate surface area is 81.9 Å². The number of benzene rings is 1. The number of nitriles is 1. The first-order chi connectivity index (χ1) is 6.63. The van der Waals surface area contributed by atoms with Crippen molar-refractivity contribution in [2.45, 2.75) is 13.0 Å². The number of carbonyl (C=O) groups excluding carboxylic acids is 1. The average molecular weight is 190 g/mol.